The van der Waals surface area contributed by atoms with Gasteiger partial charge in [0.15, 0.2) is 0 Å². The third-order valence-electron chi connectivity index (χ3n) is 4.40. The summed E-state index contributed by atoms with van der Waals surface area (Å²) in [6, 6.07) is 7.85. The molecule has 0 spiro atoms. The topological polar surface area (TPSA) is 17.0 Å². The third-order valence-corrected chi connectivity index (χ3v) is 4.40. The molecule has 3 heteroatoms. The predicted octanol–water partition coefficient (Wildman–Crippen LogP) is 4.09. The zero-order valence-electron chi connectivity index (χ0n) is 11.9. The van der Waals surface area contributed by atoms with E-state index in [1.165, 1.54) is 44.6 Å². The van der Waals surface area contributed by atoms with Crippen LogP contribution in [0.2, 0.25) is 0 Å². The molecule has 1 aromatic carbocycles. The van der Waals surface area contributed by atoms with E-state index in [2.05, 4.69) is 9.88 Å². The molecule has 1 saturated carbocycles. The zero-order chi connectivity index (χ0) is 13.8. The summed E-state index contributed by atoms with van der Waals surface area (Å²) in [7, 11) is 0. The van der Waals surface area contributed by atoms with Gasteiger partial charge in [-0.3, -0.25) is 0 Å². The van der Waals surface area contributed by atoms with Crippen molar-refractivity contribution < 1.29 is 4.39 Å². The Bertz CT molecular complexity index is 553. The molecule has 0 radical (unpaired) electrons. The van der Waals surface area contributed by atoms with Crippen LogP contribution >= 0.6 is 0 Å². The molecule has 0 bridgehead atoms. The first kappa shape index (κ1) is 13.6. The summed E-state index contributed by atoms with van der Waals surface area (Å²) >= 11 is 0. The Balaban J connectivity index is 1.58. The minimum Gasteiger partial charge on any atom is -0.346 e. The average Bonchev–Trinajstić information content (AvgIpc) is 2.70. The van der Waals surface area contributed by atoms with Crippen molar-refractivity contribution in [1.82, 2.24) is 9.88 Å². The number of nitrogens with zero attached hydrogens (tertiary/aromatic N) is 1. The number of rotatable bonds is 4. The molecular formula is C17H23FN2. The molecule has 3 rings (SSSR count). The molecule has 1 aromatic heterocycles. The SMILES string of the molecule is Fc1cccc2c1ccn2CCNC1CCCCCC1. The summed E-state index contributed by atoms with van der Waals surface area (Å²) < 4.78 is 15.8. The fourth-order valence-corrected chi connectivity index (χ4v) is 3.25. The van der Waals surface area contributed by atoms with Gasteiger partial charge in [0.2, 0.25) is 0 Å². The van der Waals surface area contributed by atoms with Gasteiger partial charge in [-0.1, -0.05) is 31.7 Å². The van der Waals surface area contributed by atoms with Gasteiger partial charge < -0.3 is 9.88 Å². The van der Waals surface area contributed by atoms with Crippen molar-refractivity contribution in [2.75, 3.05) is 6.54 Å². The normalized spacial score (nSPS) is 17.4. The summed E-state index contributed by atoms with van der Waals surface area (Å²) in [5.74, 6) is -0.127. The second kappa shape index (κ2) is 6.40. The minimum atomic E-state index is -0.127. The van der Waals surface area contributed by atoms with E-state index in [-0.39, 0.29) is 5.82 Å². The largest absolute Gasteiger partial charge is 0.346 e. The molecule has 0 aliphatic heterocycles. The maximum absolute atomic E-state index is 13.6. The van der Waals surface area contributed by atoms with Crippen LogP contribution in [0.5, 0.6) is 0 Å². The van der Waals surface area contributed by atoms with Gasteiger partial charge in [0, 0.05) is 30.7 Å². The lowest BCUT2D eigenvalue weighted by Gasteiger charge is -2.16. The Morgan fingerprint density at radius 1 is 1.10 bits per heavy atom. The van der Waals surface area contributed by atoms with E-state index < -0.39 is 0 Å². The molecule has 0 unspecified atom stereocenters. The molecule has 1 aliphatic carbocycles. The highest BCUT2D eigenvalue weighted by molar-refractivity contribution is 5.80. The highest BCUT2D eigenvalue weighted by Gasteiger charge is 2.11. The van der Waals surface area contributed by atoms with Crippen molar-refractivity contribution in [3.05, 3.63) is 36.3 Å². The number of aromatic nitrogens is 1. The van der Waals surface area contributed by atoms with Gasteiger partial charge in [0.25, 0.3) is 0 Å². The predicted molar refractivity (Wildman–Crippen MR) is 81.4 cm³/mol. The molecule has 1 fully saturated rings. The van der Waals surface area contributed by atoms with Crippen molar-refractivity contribution in [3.63, 3.8) is 0 Å². The van der Waals surface area contributed by atoms with E-state index in [4.69, 9.17) is 0 Å². The minimum absolute atomic E-state index is 0.127. The van der Waals surface area contributed by atoms with E-state index >= 15 is 0 Å². The molecule has 1 N–H and O–H groups in total. The quantitative estimate of drug-likeness (QED) is 0.831. The molecule has 2 aromatic rings. The second-order valence-electron chi connectivity index (χ2n) is 5.82. The molecule has 1 aliphatic rings. The molecular weight excluding hydrogens is 251 g/mol. The summed E-state index contributed by atoms with van der Waals surface area (Å²) in [5, 5.41) is 4.39. The number of benzene rings is 1. The fraction of sp³-hybridized carbons (Fsp3) is 0.529. The van der Waals surface area contributed by atoms with Crippen LogP contribution in [0.25, 0.3) is 10.9 Å². The Hall–Kier alpha value is -1.35. The van der Waals surface area contributed by atoms with Crippen LogP contribution in [-0.4, -0.2) is 17.2 Å². The van der Waals surface area contributed by atoms with Crippen molar-refractivity contribution in [2.45, 2.75) is 51.1 Å². The summed E-state index contributed by atoms with van der Waals surface area (Å²) in [6.07, 6.45) is 10.1. The Kier molecular flexibility index (Phi) is 4.36. The van der Waals surface area contributed by atoms with Crippen LogP contribution in [0.4, 0.5) is 4.39 Å². The van der Waals surface area contributed by atoms with Gasteiger partial charge in [-0.05, 0) is 31.0 Å². The molecule has 0 amide bonds. The highest BCUT2D eigenvalue weighted by Crippen LogP contribution is 2.19. The van der Waals surface area contributed by atoms with Crippen LogP contribution in [0.3, 0.4) is 0 Å². The Morgan fingerprint density at radius 2 is 1.90 bits per heavy atom. The van der Waals surface area contributed by atoms with Crippen LogP contribution in [0.1, 0.15) is 38.5 Å². The third kappa shape index (κ3) is 3.04. The van der Waals surface area contributed by atoms with E-state index in [1.807, 2.05) is 18.3 Å². The summed E-state index contributed by atoms with van der Waals surface area (Å²) in [5.41, 5.74) is 0.993. The Morgan fingerprint density at radius 3 is 2.70 bits per heavy atom. The zero-order valence-corrected chi connectivity index (χ0v) is 11.9. The van der Waals surface area contributed by atoms with Gasteiger partial charge in [-0.2, -0.15) is 0 Å². The number of hydrogen-bond donors (Lipinski definition) is 1. The van der Waals surface area contributed by atoms with Crippen molar-refractivity contribution in [1.29, 1.82) is 0 Å². The second-order valence-corrected chi connectivity index (χ2v) is 5.82. The monoisotopic (exact) mass is 274 g/mol. The maximum atomic E-state index is 13.6. The van der Waals surface area contributed by atoms with Crippen LogP contribution in [0.15, 0.2) is 30.5 Å². The number of fused-ring (bicyclic) bond motifs is 1. The summed E-state index contributed by atoms with van der Waals surface area (Å²) in [6.45, 7) is 1.87. The van der Waals surface area contributed by atoms with Gasteiger partial charge in [-0.25, -0.2) is 4.39 Å². The first-order valence-electron chi connectivity index (χ1n) is 7.81. The molecule has 20 heavy (non-hydrogen) atoms. The smallest absolute Gasteiger partial charge is 0.132 e. The maximum Gasteiger partial charge on any atom is 0.132 e. The molecule has 0 saturated heterocycles. The average molecular weight is 274 g/mol. The van der Waals surface area contributed by atoms with E-state index in [9.17, 15) is 4.39 Å². The molecule has 2 nitrogen and oxygen atoms in total. The lowest BCUT2D eigenvalue weighted by molar-refractivity contribution is 0.447. The molecule has 0 atom stereocenters. The van der Waals surface area contributed by atoms with Gasteiger partial charge >= 0.3 is 0 Å². The highest BCUT2D eigenvalue weighted by atomic mass is 19.1. The van der Waals surface area contributed by atoms with Crippen LogP contribution in [0, 0.1) is 5.82 Å². The first-order chi connectivity index (χ1) is 9.84. The number of nitrogens with one attached hydrogen (secondary N) is 1. The first-order valence-corrected chi connectivity index (χ1v) is 7.81. The van der Waals surface area contributed by atoms with E-state index in [1.54, 1.807) is 6.07 Å². The molecule has 1 heterocycles. The standard InChI is InChI=1S/C17H23FN2/c18-16-8-5-9-17-15(16)10-12-20(17)13-11-19-14-6-3-1-2-4-7-14/h5,8-10,12,14,19H,1-4,6-7,11,13H2. The van der Waals surface area contributed by atoms with Crippen molar-refractivity contribution >= 4 is 10.9 Å². The fourth-order valence-electron chi connectivity index (χ4n) is 3.25. The molecule has 108 valence electrons. The van der Waals surface area contributed by atoms with Gasteiger partial charge in [0.05, 0.1) is 5.52 Å². The van der Waals surface area contributed by atoms with E-state index in [0.29, 0.717) is 6.04 Å². The number of halogens is 1. The van der Waals surface area contributed by atoms with Crippen LogP contribution in [-0.2, 0) is 6.54 Å². The number of hydrogen-bond acceptors (Lipinski definition) is 1. The van der Waals surface area contributed by atoms with E-state index in [0.717, 1.165) is 24.0 Å². The lowest BCUT2D eigenvalue weighted by Crippen LogP contribution is -2.31. The van der Waals surface area contributed by atoms with Crippen molar-refractivity contribution in [3.8, 4) is 0 Å². The van der Waals surface area contributed by atoms with Gasteiger partial charge in [-0.15, -0.1) is 0 Å². The van der Waals surface area contributed by atoms with Crippen LogP contribution < -0.4 is 5.32 Å². The Labute approximate surface area is 120 Å². The van der Waals surface area contributed by atoms with Crippen molar-refractivity contribution in [2.24, 2.45) is 0 Å². The lowest BCUT2D eigenvalue weighted by atomic mass is 10.1. The summed E-state index contributed by atoms with van der Waals surface area (Å²) in [4.78, 5) is 0. The van der Waals surface area contributed by atoms with Gasteiger partial charge in [0.1, 0.15) is 5.82 Å².